The van der Waals surface area contributed by atoms with Crippen molar-refractivity contribution in [1.82, 2.24) is 4.37 Å². The van der Waals surface area contributed by atoms with Gasteiger partial charge in [0.1, 0.15) is 10.8 Å². The number of nitrogen functional groups attached to an aromatic ring is 1. The molecule has 0 unspecified atom stereocenters. The summed E-state index contributed by atoms with van der Waals surface area (Å²) in [7, 11) is 0. The number of anilines is 2. The summed E-state index contributed by atoms with van der Waals surface area (Å²) in [6, 6.07) is 0. The van der Waals surface area contributed by atoms with Crippen molar-refractivity contribution in [2.24, 2.45) is 11.3 Å². The molecule has 1 saturated carbocycles. The minimum atomic E-state index is 0.499. The molecule has 1 aromatic heterocycles. The second-order valence-electron chi connectivity index (χ2n) is 6.18. The van der Waals surface area contributed by atoms with E-state index >= 15 is 0 Å². The van der Waals surface area contributed by atoms with Gasteiger partial charge in [0.2, 0.25) is 0 Å². The molecule has 0 aromatic carbocycles. The maximum Gasteiger partial charge on any atom is 0.142 e. The minimum Gasteiger partial charge on any atom is -0.383 e. The second kappa shape index (κ2) is 5.47. The van der Waals surface area contributed by atoms with Gasteiger partial charge in [0, 0.05) is 12.1 Å². The number of aromatic nitrogens is 1. The zero-order valence-corrected chi connectivity index (χ0v) is 12.6. The number of rotatable bonds is 5. The second-order valence-corrected chi connectivity index (χ2v) is 6.95. The molecule has 3 N–H and O–H groups in total. The van der Waals surface area contributed by atoms with Crippen LogP contribution in [0.5, 0.6) is 0 Å². The van der Waals surface area contributed by atoms with E-state index in [1.165, 1.54) is 43.6 Å². The standard InChI is InChI=1S/C14H25N3S/c1-10(2)8-14(6-4-5-7-14)9-16-13-11(3)12(15)17-18-13/h10,16H,4-9H2,1-3H3,(H2,15,17). The molecule has 4 heteroatoms. The summed E-state index contributed by atoms with van der Waals surface area (Å²) in [6.07, 6.45) is 6.83. The highest BCUT2D eigenvalue weighted by Crippen LogP contribution is 2.43. The van der Waals surface area contributed by atoms with Crippen molar-refractivity contribution in [3.05, 3.63) is 5.56 Å². The van der Waals surface area contributed by atoms with Gasteiger partial charge in [-0.1, -0.05) is 26.7 Å². The molecule has 1 aliphatic rings. The topological polar surface area (TPSA) is 50.9 Å². The van der Waals surface area contributed by atoms with Crippen LogP contribution in [0.4, 0.5) is 10.8 Å². The van der Waals surface area contributed by atoms with E-state index in [4.69, 9.17) is 5.73 Å². The van der Waals surface area contributed by atoms with E-state index in [-0.39, 0.29) is 0 Å². The van der Waals surface area contributed by atoms with E-state index < -0.39 is 0 Å². The van der Waals surface area contributed by atoms with Gasteiger partial charge in [-0.25, -0.2) is 0 Å². The van der Waals surface area contributed by atoms with Gasteiger partial charge < -0.3 is 11.1 Å². The van der Waals surface area contributed by atoms with Crippen LogP contribution in [0.15, 0.2) is 0 Å². The lowest BCUT2D eigenvalue weighted by molar-refractivity contribution is 0.252. The Morgan fingerprint density at radius 2 is 2.06 bits per heavy atom. The highest BCUT2D eigenvalue weighted by Gasteiger charge is 2.34. The first-order valence-electron chi connectivity index (χ1n) is 6.98. The average Bonchev–Trinajstić information content (AvgIpc) is 2.87. The number of nitrogens with one attached hydrogen (secondary N) is 1. The van der Waals surface area contributed by atoms with Gasteiger partial charge in [-0.2, -0.15) is 4.37 Å². The highest BCUT2D eigenvalue weighted by atomic mass is 32.1. The zero-order chi connectivity index (χ0) is 13.2. The van der Waals surface area contributed by atoms with Gasteiger partial charge in [0.05, 0.1) is 0 Å². The first kappa shape index (κ1) is 13.7. The van der Waals surface area contributed by atoms with E-state index in [2.05, 4.69) is 23.5 Å². The molecule has 1 heterocycles. The van der Waals surface area contributed by atoms with Crippen LogP contribution in [-0.4, -0.2) is 10.9 Å². The minimum absolute atomic E-state index is 0.499. The Morgan fingerprint density at radius 1 is 1.39 bits per heavy atom. The quantitative estimate of drug-likeness (QED) is 0.846. The first-order chi connectivity index (χ1) is 8.52. The molecule has 0 aliphatic heterocycles. The lowest BCUT2D eigenvalue weighted by atomic mass is 9.78. The third-order valence-corrected chi connectivity index (χ3v) is 5.01. The summed E-state index contributed by atoms with van der Waals surface area (Å²) in [6.45, 7) is 7.78. The van der Waals surface area contributed by atoms with Gasteiger partial charge in [0.25, 0.3) is 0 Å². The molecule has 0 amide bonds. The largest absolute Gasteiger partial charge is 0.383 e. The van der Waals surface area contributed by atoms with E-state index in [9.17, 15) is 0 Å². The Balaban J connectivity index is 2.00. The van der Waals surface area contributed by atoms with Crippen LogP contribution in [0.2, 0.25) is 0 Å². The number of nitrogens with two attached hydrogens (primary N) is 1. The van der Waals surface area contributed by atoms with Crippen LogP contribution in [-0.2, 0) is 0 Å². The Hall–Kier alpha value is -0.770. The summed E-state index contributed by atoms with van der Waals surface area (Å²) in [5, 5.41) is 4.75. The maximum absolute atomic E-state index is 5.80. The van der Waals surface area contributed by atoms with Crippen LogP contribution in [0.3, 0.4) is 0 Å². The van der Waals surface area contributed by atoms with Crippen molar-refractivity contribution in [2.75, 3.05) is 17.6 Å². The highest BCUT2D eigenvalue weighted by molar-refractivity contribution is 7.10. The summed E-state index contributed by atoms with van der Waals surface area (Å²) in [5.41, 5.74) is 7.41. The predicted octanol–water partition coefficient (Wildman–Crippen LogP) is 4.05. The molecule has 0 spiro atoms. The van der Waals surface area contributed by atoms with E-state index in [1.54, 1.807) is 0 Å². The molecule has 3 nitrogen and oxygen atoms in total. The van der Waals surface area contributed by atoms with Crippen LogP contribution in [0, 0.1) is 18.3 Å². The fourth-order valence-electron chi connectivity index (χ4n) is 3.22. The van der Waals surface area contributed by atoms with Crippen molar-refractivity contribution in [2.45, 2.75) is 52.9 Å². The van der Waals surface area contributed by atoms with Gasteiger partial charge >= 0.3 is 0 Å². The zero-order valence-electron chi connectivity index (χ0n) is 11.8. The Morgan fingerprint density at radius 3 is 2.56 bits per heavy atom. The lowest BCUT2D eigenvalue weighted by Crippen LogP contribution is -2.28. The smallest absolute Gasteiger partial charge is 0.142 e. The fourth-order valence-corrected chi connectivity index (χ4v) is 3.93. The van der Waals surface area contributed by atoms with E-state index in [0.29, 0.717) is 11.2 Å². The third-order valence-electron chi connectivity index (χ3n) is 4.09. The molecule has 0 radical (unpaired) electrons. The molecule has 2 rings (SSSR count). The van der Waals surface area contributed by atoms with Crippen molar-refractivity contribution >= 4 is 22.4 Å². The van der Waals surface area contributed by atoms with Crippen molar-refractivity contribution in [3.8, 4) is 0 Å². The Kier molecular flexibility index (Phi) is 4.15. The van der Waals surface area contributed by atoms with Crippen LogP contribution < -0.4 is 11.1 Å². The summed E-state index contributed by atoms with van der Waals surface area (Å²) in [4.78, 5) is 0. The number of hydrogen-bond acceptors (Lipinski definition) is 4. The van der Waals surface area contributed by atoms with E-state index in [0.717, 1.165) is 23.0 Å². The van der Waals surface area contributed by atoms with Gasteiger partial charge in [-0.05, 0) is 49.1 Å². The molecule has 0 bridgehead atoms. The monoisotopic (exact) mass is 267 g/mol. The maximum atomic E-state index is 5.80. The van der Waals surface area contributed by atoms with Crippen LogP contribution >= 0.6 is 11.5 Å². The SMILES string of the molecule is Cc1c(N)nsc1NCC1(CC(C)C)CCCC1. The summed E-state index contributed by atoms with van der Waals surface area (Å²) in [5.74, 6) is 1.45. The molecule has 18 heavy (non-hydrogen) atoms. The molecular weight excluding hydrogens is 242 g/mol. The summed E-state index contributed by atoms with van der Waals surface area (Å²) < 4.78 is 4.20. The molecule has 1 aromatic rings. The van der Waals surface area contributed by atoms with Gasteiger partial charge in [0.15, 0.2) is 0 Å². The molecule has 0 atom stereocenters. The number of hydrogen-bond donors (Lipinski definition) is 2. The molecule has 102 valence electrons. The van der Waals surface area contributed by atoms with Gasteiger partial charge in [-0.15, -0.1) is 0 Å². The van der Waals surface area contributed by atoms with Crippen molar-refractivity contribution in [3.63, 3.8) is 0 Å². The Bertz CT molecular complexity index is 392. The molecule has 0 saturated heterocycles. The molecular formula is C14H25N3S. The summed E-state index contributed by atoms with van der Waals surface area (Å²) >= 11 is 1.49. The van der Waals surface area contributed by atoms with Crippen molar-refractivity contribution < 1.29 is 0 Å². The first-order valence-corrected chi connectivity index (χ1v) is 7.75. The molecule has 1 fully saturated rings. The average molecular weight is 267 g/mol. The van der Waals surface area contributed by atoms with E-state index in [1.807, 2.05) is 6.92 Å². The fraction of sp³-hybridized carbons (Fsp3) is 0.786. The predicted molar refractivity (Wildman–Crippen MR) is 80.1 cm³/mol. The molecule has 1 aliphatic carbocycles. The Labute approximate surface area is 114 Å². The van der Waals surface area contributed by atoms with Crippen LogP contribution in [0.1, 0.15) is 51.5 Å². The normalized spacial score (nSPS) is 18.4. The van der Waals surface area contributed by atoms with Crippen LogP contribution in [0.25, 0.3) is 0 Å². The lowest BCUT2D eigenvalue weighted by Gasteiger charge is -2.31. The third kappa shape index (κ3) is 2.97. The van der Waals surface area contributed by atoms with Gasteiger partial charge in [-0.3, -0.25) is 0 Å². The van der Waals surface area contributed by atoms with Crippen molar-refractivity contribution in [1.29, 1.82) is 0 Å². The number of nitrogens with zero attached hydrogens (tertiary/aromatic N) is 1.